The first-order valence-corrected chi connectivity index (χ1v) is 9.18. The third kappa shape index (κ3) is 2.45. The maximum Gasteiger partial charge on any atom is 0.219 e. The highest BCUT2D eigenvalue weighted by molar-refractivity contribution is 7.26. The molecule has 0 atom stereocenters. The molecular formula is C16H11N3S3. The van der Waals surface area contributed by atoms with E-state index in [-0.39, 0.29) is 0 Å². The minimum Gasteiger partial charge on any atom is -0.368 e. The lowest BCUT2D eigenvalue weighted by Crippen LogP contribution is -1.93. The molecule has 0 saturated carbocycles. The van der Waals surface area contributed by atoms with Crippen molar-refractivity contribution in [3.05, 3.63) is 53.5 Å². The number of nitrogen functional groups attached to an aromatic ring is 1. The summed E-state index contributed by atoms with van der Waals surface area (Å²) in [5.74, 6) is 0.301. The lowest BCUT2D eigenvalue weighted by atomic mass is 10.1. The van der Waals surface area contributed by atoms with Crippen molar-refractivity contribution in [2.75, 3.05) is 5.73 Å². The molecule has 108 valence electrons. The van der Waals surface area contributed by atoms with Gasteiger partial charge in [-0.3, -0.25) is 0 Å². The maximum atomic E-state index is 5.60. The van der Waals surface area contributed by atoms with E-state index in [4.69, 9.17) is 5.73 Å². The van der Waals surface area contributed by atoms with Crippen LogP contribution in [0.25, 0.3) is 30.6 Å². The summed E-state index contributed by atoms with van der Waals surface area (Å²) in [5.41, 5.74) is 7.76. The SMILES string of the molecule is Nc1ncc(-c2cc(-c3cccs3)sc2-c2cccs2)cn1. The second kappa shape index (κ2) is 5.64. The Labute approximate surface area is 139 Å². The van der Waals surface area contributed by atoms with E-state index in [1.807, 2.05) is 11.3 Å². The van der Waals surface area contributed by atoms with Crippen LogP contribution in [-0.2, 0) is 0 Å². The van der Waals surface area contributed by atoms with Crippen LogP contribution < -0.4 is 5.73 Å². The third-order valence-electron chi connectivity index (χ3n) is 3.22. The van der Waals surface area contributed by atoms with Gasteiger partial charge in [0.2, 0.25) is 5.95 Å². The Bertz CT molecular complexity index is 876. The molecule has 0 fully saturated rings. The van der Waals surface area contributed by atoms with Crippen LogP contribution in [0.3, 0.4) is 0 Å². The number of hydrogen-bond acceptors (Lipinski definition) is 6. The van der Waals surface area contributed by atoms with E-state index in [1.165, 1.54) is 19.5 Å². The number of hydrogen-bond donors (Lipinski definition) is 1. The van der Waals surface area contributed by atoms with Gasteiger partial charge in [0.1, 0.15) is 0 Å². The number of nitrogens with two attached hydrogens (primary N) is 1. The Balaban J connectivity index is 1.90. The molecule has 4 aromatic rings. The molecule has 4 aromatic heterocycles. The van der Waals surface area contributed by atoms with E-state index >= 15 is 0 Å². The molecule has 0 radical (unpaired) electrons. The number of rotatable bonds is 3. The molecule has 0 bridgehead atoms. The monoisotopic (exact) mass is 341 g/mol. The first-order chi connectivity index (χ1) is 10.8. The summed E-state index contributed by atoms with van der Waals surface area (Å²) in [6.45, 7) is 0. The van der Waals surface area contributed by atoms with Gasteiger partial charge in [-0.05, 0) is 29.0 Å². The molecule has 0 spiro atoms. The van der Waals surface area contributed by atoms with Crippen LogP contribution >= 0.6 is 34.0 Å². The van der Waals surface area contributed by atoms with Gasteiger partial charge in [-0.1, -0.05) is 12.1 Å². The van der Waals surface area contributed by atoms with Crippen LogP contribution in [-0.4, -0.2) is 9.97 Å². The molecule has 22 heavy (non-hydrogen) atoms. The lowest BCUT2D eigenvalue weighted by Gasteiger charge is -2.01. The minimum absolute atomic E-state index is 0.301. The van der Waals surface area contributed by atoms with E-state index in [0.29, 0.717) is 5.95 Å². The molecule has 6 heteroatoms. The first kappa shape index (κ1) is 13.6. The number of nitrogens with zero attached hydrogens (tertiary/aromatic N) is 2. The van der Waals surface area contributed by atoms with Crippen LogP contribution in [0, 0.1) is 0 Å². The third-order valence-corrected chi connectivity index (χ3v) is 6.47. The summed E-state index contributed by atoms with van der Waals surface area (Å²) in [6, 6.07) is 10.7. The molecular weight excluding hydrogens is 330 g/mol. The fourth-order valence-electron chi connectivity index (χ4n) is 2.21. The van der Waals surface area contributed by atoms with Crippen molar-refractivity contribution in [3.8, 4) is 30.6 Å². The van der Waals surface area contributed by atoms with Crippen molar-refractivity contribution >= 4 is 40.0 Å². The van der Waals surface area contributed by atoms with Crippen molar-refractivity contribution in [1.29, 1.82) is 0 Å². The van der Waals surface area contributed by atoms with Crippen LogP contribution in [0.5, 0.6) is 0 Å². The van der Waals surface area contributed by atoms with E-state index in [1.54, 1.807) is 35.1 Å². The molecule has 0 aliphatic rings. The van der Waals surface area contributed by atoms with E-state index in [0.717, 1.165) is 11.1 Å². The van der Waals surface area contributed by atoms with Crippen LogP contribution in [0.4, 0.5) is 5.95 Å². The molecule has 3 nitrogen and oxygen atoms in total. The van der Waals surface area contributed by atoms with E-state index in [9.17, 15) is 0 Å². The predicted octanol–water partition coefficient (Wildman–Crippen LogP) is 5.24. The molecule has 2 N–H and O–H groups in total. The van der Waals surface area contributed by atoms with Crippen LogP contribution in [0.2, 0.25) is 0 Å². The second-order valence-corrected chi connectivity index (χ2v) is 7.59. The highest BCUT2D eigenvalue weighted by atomic mass is 32.1. The minimum atomic E-state index is 0.301. The van der Waals surface area contributed by atoms with Crippen molar-refractivity contribution in [2.45, 2.75) is 0 Å². The molecule has 0 saturated heterocycles. The lowest BCUT2D eigenvalue weighted by molar-refractivity contribution is 1.19. The van der Waals surface area contributed by atoms with Crippen LogP contribution in [0.1, 0.15) is 0 Å². The number of thiophene rings is 3. The summed E-state index contributed by atoms with van der Waals surface area (Å²) in [6.07, 6.45) is 3.58. The van der Waals surface area contributed by atoms with Gasteiger partial charge >= 0.3 is 0 Å². The molecule has 4 heterocycles. The summed E-state index contributed by atoms with van der Waals surface area (Å²) in [5, 5.41) is 4.20. The molecule has 4 rings (SSSR count). The molecule has 0 aliphatic carbocycles. The quantitative estimate of drug-likeness (QED) is 0.554. The average molecular weight is 341 g/mol. The Morgan fingerprint density at radius 2 is 1.55 bits per heavy atom. The second-order valence-electron chi connectivity index (χ2n) is 4.64. The summed E-state index contributed by atoms with van der Waals surface area (Å²) in [4.78, 5) is 13.3. The number of aromatic nitrogens is 2. The van der Waals surface area contributed by atoms with Gasteiger partial charge in [0, 0.05) is 38.2 Å². The zero-order chi connectivity index (χ0) is 14.9. The normalized spacial score (nSPS) is 10.9. The van der Waals surface area contributed by atoms with Gasteiger partial charge in [0.05, 0.1) is 4.88 Å². The molecule has 0 unspecified atom stereocenters. The van der Waals surface area contributed by atoms with Gasteiger partial charge < -0.3 is 5.73 Å². The first-order valence-electron chi connectivity index (χ1n) is 6.61. The topological polar surface area (TPSA) is 51.8 Å². The highest BCUT2D eigenvalue weighted by Crippen LogP contribution is 2.45. The Morgan fingerprint density at radius 1 is 0.864 bits per heavy atom. The standard InChI is InChI=1S/C16H11N3S3/c17-16-18-8-10(9-19-16)11-7-14(12-3-1-5-20-12)22-15(11)13-4-2-6-21-13/h1-9H,(H2,17,18,19). The largest absolute Gasteiger partial charge is 0.368 e. The van der Waals surface area contributed by atoms with Crippen molar-refractivity contribution in [2.24, 2.45) is 0 Å². The Hall–Kier alpha value is -2.02. The summed E-state index contributed by atoms with van der Waals surface area (Å²) < 4.78 is 0. The van der Waals surface area contributed by atoms with Gasteiger partial charge in [-0.15, -0.1) is 34.0 Å². The zero-order valence-corrected chi connectivity index (χ0v) is 13.8. The van der Waals surface area contributed by atoms with Crippen molar-refractivity contribution < 1.29 is 0 Å². The summed E-state index contributed by atoms with van der Waals surface area (Å²) >= 11 is 5.31. The van der Waals surface area contributed by atoms with E-state index in [2.05, 4.69) is 51.1 Å². The van der Waals surface area contributed by atoms with Gasteiger partial charge in [0.25, 0.3) is 0 Å². The summed E-state index contributed by atoms with van der Waals surface area (Å²) in [7, 11) is 0. The fourth-order valence-corrected chi connectivity index (χ4v) is 5.09. The van der Waals surface area contributed by atoms with Gasteiger partial charge in [0.15, 0.2) is 0 Å². The Morgan fingerprint density at radius 3 is 2.18 bits per heavy atom. The van der Waals surface area contributed by atoms with Gasteiger partial charge in [-0.25, -0.2) is 9.97 Å². The van der Waals surface area contributed by atoms with Crippen LogP contribution in [0.15, 0.2) is 53.5 Å². The maximum absolute atomic E-state index is 5.60. The molecule has 0 aliphatic heterocycles. The van der Waals surface area contributed by atoms with E-state index < -0.39 is 0 Å². The highest BCUT2D eigenvalue weighted by Gasteiger charge is 2.15. The van der Waals surface area contributed by atoms with Gasteiger partial charge in [-0.2, -0.15) is 0 Å². The molecule has 0 aromatic carbocycles. The molecule has 0 amide bonds. The number of anilines is 1. The smallest absolute Gasteiger partial charge is 0.219 e. The predicted molar refractivity (Wildman–Crippen MR) is 96.4 cm³/mol. The Kier molecular flexibility index (Phi) is 3.49. The van der Waals surface area contributed by atoms with Crippen molar-refractivity contribution in [3.63, 3.8) is 0 Å². The zero-order valence-electron chi connectivity index (χ0n) is 11.4. The average Bonchev–Trinajstić information content (AvgIpc) is 3.27. The van der Waals surface area contributed by atoms with Crippen molar-refractivity contribution in [1.82, 2.24) is 9.97 Å². The fraction of sp³-hybridized carbons (Fsp3) is 0.